The van der Waals surface area contributed by atoms with Crippen LogP contribution in [0.4, 0.5) is 0 Å². The molecule has 0 bridgehead atoms. The minimum absolute atomic E-state index is 0.0634. The van der Waals surface area contributed by atoms with Gasteiger partial charge in [0.1, 0.15) is 18.8 Å². The monoisotopic (exact) mass is 170 g/mol. The largest absolute Gasteiger partial charge is 0.461 e. The van der Waals surface area contributed by atoms with Crippen LogP contribution in [0.1, 0.15) is 26.2 Å². The molecule has 0 saturated heterocycles. The van der Waals surface area contributed by atoms with Gasteiger partial charge >= 0.3 is 5.97 Å². The molecule has 12 heavy (non-hydrogen) atoms. The van der Waals surface area contributed by atoms with E-state index in [1.807, 2.05) is 6.92 Å². The van der Waals surface area contributed by atoms with Gasteiger partial charge in [-0.15, -0.1) is 0 Å². The van der Waals surface area contributed by atoms with Gasteiger partial charge in [-0.3, -0.25) is 9.59 Å². The topological polar surface area (TPSA) is 43.4 Å². The van der Waals surface area contributed by atoms with Crippen LogP contribution in [0.5, 0.6) is 0 Å². The number of ketones is 1. The second-order valence-electron chi connectivity index (χ2n) is 2.44. The molecule has 0 saturated carbocycles. The summed E-state index contributed by atoms with van der Waals surface area (Å²) in [5.41, 5.74) is 0. The van der Waals surface area contributed by atoms with E-state index in [9.17, 15) is 9.59 Å². The number of hydrogen-bond donors (Lipinski definition) is 0. The Balaban J connectivity index is 3.54. The summed E-state index contributed by atoms with van der Waals surface area (Å²) < 4.78 is 4.63. The van der Waals surface area contributed by atoms with Gasteiger partial charge < -0.3 is 4.74 Å². The fraction of sp³-hybridized carbons (Fsp3) is 0.556. The van der Waals surface area contributed by atoms with Crippen LogP contribution in [0.3, 0.4) is 0 Å². The van der Waals surface area contributed by atoms with Crippen molar-refractivity contribution in [2.75, 3.05) is 6.61 Å². The third kappa shape index (κ3) is 5.65. The lowest BCUT2D eigenvalue weighted by Crippen LogP contribution is -2.10. The first kappa shape index (κ1) is 10.9. The van der Waals surface area contributed by atoms with Crippen LogP contribution >= 0.6 is 0 Å². The zero-order valence-electron chi connectivity index (χ0n) is 7.34. The molecule has 0 aliphatic rings. The van der Waals surface area contributed by atoms with Gasteiger partial charge in [-0.2, -0.15) is 0 Å². The Labute approximate surface area is 72.4 Å². The molecule has 0 heterocycles. The molecule has 0 unspecified atom stereocenters. The summed E-state index contributed by atoms with van der Waals surface area (Å²) in [5, 5.41) is 0. The van der Waals surface area contributed by atoms with E-state index in [0.717, 1.165) is 6.42 Å². The fourth-order valence-electron chi connectivity index (χ4n) is 0.731. The van der Waals surface area contributed by atoms with Gasteiger partial charge in [0.05, 0.1) is 0 Å². The molecule has 0 aliphatic carbocycles. The van der Waals surface area contributed by atoms with Crippen molar-refractivity contribution in [1.29, 1.82) is 0 Å². The van der Waals surface area contributed by atoms with Crippen molar-refractivity contribution in [1.82, 2.24) is 0 Å². The lowest BCUT2D eigenvalue weighted by atomic mass is 10.2. The van der Waals surface area contributed by atoms with Crippen molar-refractivity contribution in [3.05, 3.63) is 12.7 Å². The van der Waals surface area contributed by atoms with E-state index in [1.165, 1.54) is 6.08 Å². The number of Topliss-reactive ketones (excluding diaryl/α,β-unsaturated/α-hetero) is 1. The summed E-state index contributed by atoms with van der Waals surface area (Å²) in [7, 11) is 0. The van der Waals surface area contributed by atoms with Crippen molar-refractivity contribution < 1.29 is 14.3 Å². The first-order valence-corrected chi connectivity index (χ1v) is 3.99. The molecule has 3 heteroatoms. The molecule has 0 aromatic heterocycles. The summed E-state index contributed by atoms with van der Waals surface area (Å²) in [6, 6.07) is 0. The first-order chi connectivity index (χ1) is 5.70. The lowest BCUT2D eigenvalue weighted by molar-refractivity contribution is -0.144. The number of carbonyl (C=O) groups is 2. The molecule has 0 aliphatic heterocycles. The first-order valence-electron chi connectivity index (χ1n) is 3.99. The van der Waals surface area contributed by atoms with Crippen LogP contribution in [-0.4, -0.2) is 18.4 Å². The van der Waals surface area contributed by atoms with E-state index in [1.54, 1.807) is 0 Å². The number of rotatable bonds is 6. The van der Waals surface area contributed by atoms with Gasteiger partial charge in [-0.1, -0.05) is 19.6 Å². The van der Waals surface area contributed by atoms with Gasteiger partial charge in [0.15, 0.2) is 0 Å². The predicted molar refractivity (Wildman–Crippen MR) is 45.7 cm³/mol. The summed E-state index contributed by atoms with van der Waals surface area (Å²) in [6.45, 7) is 5.46. The normalized spacial score (nSPS) is 9.08. The Hall–Kier alpha value is -1.12. The standard InChI is InChI=1S/C9H14O3/c1-3-5-8(10)7-9(11)12-6-4-2/h4H,2-3,5-7H2,1H3. The molecular weight excluding hydrogens is 156 g/mol. The Morgan fingerprint density at radius 3 is 2.67 bits per heavy atom. The highest BCUT2D eigenvalue weighted by Gasteiger charge is 2.08. The second kappa shape index (κ2) is 6.58. The highest BCUT2D eigenvalue weighted by atomic mass is 16.5. The number of hydrogen-bond acceptors (Lipinski definition) is 3. The third-order valence-electron chi connectivity index (χ3n) is 1.23. The zero-order valence-corrected chi connectivity index (χ0v) is 7.34. The van der Waals surface area contributed by atoms with Crippen LogP contribution in [-0.2, 0) is 14.3 Å². The fourth-order valence-corrected chi connectivity index (χ4v) is 0.731. The average Bonchev–Trinajstić information content (AvgIpc) is 2.01. The van der Waals surface area contributed by atoms with E-state index in [0.29, 0.717) is 6.42 Å². The van der Waals surface area contributed by atoms with E-state index in [4.69, 9.17) is 0 Å². The molecule has 68 valence electrons. The van der Waals surface area contributed by atoms with Gasteiger partial charge in [0, 0.05) is 6.42 Å². The number of esters is 1. The van der Waals surface area contributed by atoms with Crippen LogP contribution in [0.25, 0.3) is 0 Å². The van der Waals surface area contributed by atoms with Crippen molar-refractivity contribution >= 4 is 11.8 Å². The summed E-state index contributed by atoms with van der Waals surface area (Å²) in [6.07, 6.45) is 2.58. The third-order valence-corrected chi connectivity index (χ3v) is 1.23. The quantitative estimate of drug-likeness (QED) is 0.344. The summed E-state index contributed by atoms with van der Waals surface area (Å²) in [5.74, 6) is -0.528. The second-order valence-corrected chi connectivity index (χ2v) is 2.44. The number of ether oxygens (including phenoxy) is 1. The molecule has 0 aromatic carbocycles. The smallest absolute Gasteiger partial charge is 0.313 e. The van der Waals surface area contributed by atoms with E-state index in [-0.39, 0.29) is 18.8 Å². The minimum Gasteiger partial charge on any atom is -0.461 e. The SMILES string of the molecule is C=CCOC(=O)CC(=O)CCC. The highest BCUT2D eigenvalue weighted by Crippen LogP contribution is 1.96. The summed E-state index contributed by atoms with van der Waals surface area (Å²) in [4.78, 5) is 21.7. The van der Waals surface area contributed by atoms with Crippen molar-refractivity contribution in [2.24, 2.45) is 0 Å². The molecular formula is C9H14O3. The van der Waals surface area contributed by atoms with Gasteiger partial charge in [-0.25, -0.2) is 0 Å². The van der Waals surface area contributed by atoms with Crippen LogP contribution in [0.2, 0.25) is 0 Å². The van der Waals surface area contributed by atoms with E-state index < -0.39 is 5.97 Å². The molecule has 0 spiro atoms. The Bertz CT molecular complexity index is 173. The zero-order chi connectivity index (χ0) is 9.40. The van der Waals surface area contributed by atoms with Gasteiger partial charge in [0.2, 0.25) is 0 Å². The Kier molecular flexibility index (Phi) is 5.97. The molecule has 0 amide bonds. The van der Waals surface area contributed by atoms with E-state index >= 15 is 0 Å². The van der Waals surface area contributed by atoms with Crippen LogP contribution in [0, 0.1) is 0 Å². The Morgan fingerprint density at radius 2 is 2.17 bits per heavy atom. The van der Waals surface area contributed by atoms with Crippen LogP contribution < -0.4 is 0 Å². The van der Waals surface area contributed by atoms with Crippen molar-refractivity contribution in [2.45, 2.75) is 26.2 Å². The number of carbonyl (C=O) groups excluding carboxylic acids is 2. The highest BCUT2D eigenvalue weighted by molar-refractivity contribution is 5.95. The molecule has 0 N–H and O–H groups in total. The summed E-state index contributed by atoms with van der Waals surface area (Å²) >= 11 is 0. The molecule has 0 rings (SSSR count). The minimum atomic E-state index is -0.464. The maximum atomic E-state index is 10.9. The molecule has 3 nitrogen and oxygen atoms in total. The predicted octanol–water partition coefficient (Wildman–Crippen LogP) is 1.47. The molecule has 0 fully saturated rings. The molecule has 0 aromatic rings. The van der Waals surface area contributed by atoms with Crippen molar-refractivity contribution in [3.8, 4) is 0 Å². The average molecular weight is 170 g/mol. The Morgan fingerprint density at radius 1 is 1.50 bits per heavy atom. The van der Waals surface area contributed by atoms with Gasteiger partial charge in [-0.05, 0) is 6.42 Å². The van der Waals surface area contributed by atoms with Crippen molar-refractivity contribution in [3.63, 3.8) is 0 Å². The lowest BCUT2D eigenvalue weighted by Gasteiger charge is -1.99. The van der Waals surface area contributed by atoms with E-state index in [2.05, 4.69) is 11.3 Å². The van der Waals surface area contributed by atoms with Gasteiger partial charge in [0.25, 0.3) is 0 Å². The van der Waals surface area contributed by atoms with Crippen LogP contribution in [0.15, 0.2) is 12.7 Å². The molecule has 0 radical (unpaired) electrons. The maximum Gasteiger partial charge on any atom is 0.313 e. The maximum absolute atomic E-state index is 10.9. The molecule has 0 atom stereocenters.